The predicted molar refractivity (Wildman–Crippen MR) is 123 cm³/mol. The number of amides is 1. The van der Waals surface area contributed by atoms with Crippen LogP contribution < -0.4 is 9.47 Å². The Bertz CT molecular complexity index is 1060. The van der Waals surface area contributed by atoms with Gasteiger partial charge in [0.25, 0.3) is 11.7 Å². The van der Waals surface area contributed by atoms with E-state index in [0.717, 1.165) is 0 Å². The molecule has 8 heteroatoms. The Morgan fingerprint density at radius 2 is 1.79 bits per heavy atom. The summed E-state index contributed by atoms with van der Waals surface area (Å²) in [7, 11) is 5.24. The van der Waals surface area contributed by atoms with Crippen LogP contribution in [0.4, 0.5) is 4.39 Å². The summed E-state index contributed by atoms with van der Waals surface area (Å²) in [5.41, 5.74) is 0.785. The minimum Gasteiger partial charge on any atom is -0.507 e. The zero-order valence-electron chi connectivity index (χ0n) is 19.5. The zero-order chi connectivity index (χ0) is 24.3. The van der Waals surface area contributed by atoms with E-state index in [1.807, 2.05) is 32.8 Å². The number of ether oxygens (including phenoxy) is 2. The molecular weight excluding hydrogens is 427 g/mol. The first-order valence-corrected chi connectivity index (χ1v) is 10.7. The smallest absolute Gasteiger partial charge is 0.295 e. The van der Waals surface area contributed by atoms with Crippen molar-refractivity contribution >= 4 is 17.4 Å². The highest BCUT2D eigenvalue weighted by Crippen LogP contribution is 2.42. The highest BCUT2D eigenvalue weighted by atomic mass is 19.1. The van der Waals surface area contributed by atoms with E-state index >= 15 is 0 Å². The second-order valence-electron chi connectivity index (χ2n) is 8.38. The van der Waals surface area contributed by atoms with Crippen molar-refractivity contribution in [2.45, 2.75) is 26.0 Å². The van der Waals surface area contributed by atoms with Crippen LogP contribution in [0, 0.1) is 5.82 Å². The van der Waals surface area contributed by atoms with Gasteiger partial charge in [0.1, 0.15) is 11.6 Å². The Morgan fingerprint density at radius 1 is 1.12 bits per heavy atom. The molecule has 0 radical (unpaired) electrons. The lowest BCUT2D eigenvalue weighted by Crippen LogP contribution is -2.35. The van der Waals surface area contributed by atoms with Gasteiger partial charge in [0.2, 0.25) is 0 Å². The van der Waals surface area contributed by atoms with Gasteiger partial charge in [-0.2, -0.15) is 0 Å². The molecule has 1 heterocycles. The molecule has 0 aliphatic carbocycles. The molecule has 0 saturated carbocycles. The minimum atomic E-state index is -0.836. The quantitative estimate of drug-likeness (QED) is 0.372. The molecule has 7 nitrogen and oxygen atoms in total. The zero-order valence-corrected chi connectivity index (χ0v) is 19.5. The molecule has 33 heavy (non-hydrogen) atoms. The van der Waals surface area contributed by atoms with Gasteiger partial charge in [-0.05, 0) is 69.9 Å². The summed E-state index contributed by atoms with van der Waals surface area (Å²) >= 11 is 0. The second-order valence-corrected chi connectivity index (χ2v) is 8.38. The third-order valence-corrected chi connectivity index (χ3v) is 5.31. The average molecular weight is 457 g/mol. The topological polar surface area (TPSA) is 79.3 Å². The van der Waals surface area contributed by atoms with E-state index in [0.29, 0.717) is 23.6 Å². The summed E-state index contributed by atoms with van der Waals surface area (Å²) in [5, 5.41) is 11.0. The van der Waals surface area contributed by atoms with Crippen molar-refractivity contribution in [3.8, 4) is 11.5 Å². The first-order chi connectivity index (χ1) is 15.6. The molecular formula is C25H29FN2O5. The fourth-order valence-corrected chi connectivity index (χ4v) is 3.73. The number of nitrogens with zero attached hydrogens (tertiary/aromatic N) is 2. The van der Waals surface area contributed by atoms with Gasteiger partial charge in [-0.25, -0.2) is 4.39 Å². The van der Waals surface area contributed by atoms with Gasteiger partial charge < -0.3 is 24.4 Å². The van der Waals surface area contributed by atoms with Gasteiger partial charge in [-0.15, -0.1) is 0 Å². The van der Waals surface area contributed by atoms with E-state index < -0.39 is 23.5 Å². The molecule has 1 aliphatic rings. The molecule has 0 aromatic heterocycles. The molecule has 1 amide bonds. The molecule has 1 N–H and O–H groups in total. The maximum Gasteiger partial charge on any atom is 0.295 e. The fraction of sp³-hybridized carbons (Fsp3) is 0.360. The molecule has 2 aromatic carbocycles. The maximum absolute atomic E-state index is 13.4. The SMILES string of the molecule is COc1cc(C2/C(=C(/O)c3ccc(F)cc3)C(=O)C(=O)N2CCN(C)C)ccc1OC(C)C. The van der Waals surface area contributed by atoms with Crippen molar-refractivity contribution < 1.29 is 28.6 Å². The molecule has 1 unspecified atom stereocenters. The Balaban J connectivity index is 2.16. The van der Waals surface area contributed by atoms with Crippen LogP contribution in [0.15, 0.2) is 48.0 Å². The summed E-state index contributed by atoms with van der Waals surface area (Å²) in [4.78, 5) is 29.3. The van der Waals surface area contributed by atoms with Crippen LogP contribution in [-0.2, 0) is 9.59 Å². The summed E-state index contributed by atoms with van der Waals surface area (Å²) in [6.07, 6.45) is -0.0750. The Hall–Kier alpha value is -3.39. The largest absolute Gasteiger partial charge is 0.507 e. The molecule has 1 aliphatic heterocycles. The third kappa shape index (κ3) is 5.17. The number of methoxy groups -OCH3 is 1. The molecule has 3 rings (SSSR count). The number of aliphatic hydroxyl groups excluding tert-OH is 1. The first kappa shape index (κ1) is 24.3. The minimum absolute atomic E-state index is 0.0510. The van der Waals surface area contributed by atoms with E-state index in [-0.39, 0.29) is 29.5 Å². The summed E-state index contributed by atoms with van der Waals surface area (Å²) < 4.78 is 24.7. The van der Waals surface area contributed by atoms with Crippen LogP contribution in [0.5, 0.6) is 11.5 Å². The van der Waals surface area contributed by atoms with Gasteiger partial charge in [0.05, 0.1) is 24.8 Å². The van der Waals surface area contributed by atoms with E-state index in [2.05, 4.69) is 0 Å². The number of aliphatic hydroxyl groups is 1. The predicted octanol–water partition coefficient (Wildman–Crippen LogP) is 3.60. The van der Waals surface area contributed by atoms with Crippen LogP contribution in [0.25, 0.3) is 5.76 Å². The second kappa shape index (κ2) is 10.0. The number of ketones is 1. The number of halogens is 1. The normalized spacial score (nSPS) is 17.8. The van der Waals surface area contributed by atoms with Crippen LogP contribution in [0.1, 0.15) is 31.0 Å². The standard InChI is InChI=1S/C25H29FN2O5/c1-15(2)33-19-11-8-17(14-20(19)32-5)22-21(23(29)16-6-9-18(26)10-7-16)24(30)25(31)28(22)13-12-27(3)4/h6-11,14-15,22,29H,12-13H2,1-5H3/b23-21-. The fourth-order valence-electron chi connectivity index (χ4n) is 3.73. The maximum atomic E-state index is 13.4. The number of likely N-dealkylation sites (N-methyl/N-ethyl adjacent to an activating group) is 1. The summed E-state index contributed by atoms with van der Waals surface area (Å²) in [6, 6.07) is 9.45. The lowest BCUT2D eigenvalue weighted by atomic mass is 9.95. The van der Waals surface area contributed by atoms with E-state index in [1.165, 1.54) is 36.3 Å². The van der Waals surface area contributed by atoms with E-state index in [4.69, 9.17) is 9.47 Å². The summed E-state index contributed by atoms with van der Waals surface area (Å²) in [6.45, 7) is 4.58. The van der Waals surface area contributed by atoms with Crippen LogP contribution >= 0.6 is 0 Å². The first-order valence-electron chi connectivity index (χ1n) is 10.7. The van der Waals surface area contributed by atoms with Gasteiger partial charge in [-0.3, -0.25) is 9.59 Å². The summed E-state index contributed by atoms with van der Waals surface area (Å²) in [5.74, 6) is -1.34. The number of hydrogen-bond acceptors (Lipinski definition) is 6. The van der Waals surface area contributed by atoms with Crippen molar-refractivity contribution in [3.05, 3.63) is 65.0 Å². The van der Waals surface area contributed by atoms with Crippen LogP contribution in [0.2, 0.25) is 0 Å². The Labute approximate surface area is 193 Å². The number of carbonyl (C=O) groups excluding carboxylic acids is 2. The lowest BCUT2D eigenvalue weighted by molar-refractivity contribution is -0.140. The van der Waals surface area contributed by atoms with E-state index in [9.17, 15) is 19.1 Å². The molecule has 0 bridgehead atoms. The molecule has 2 aromatic rings. The molecule has 0 spiro atoms. The number of carbonyl (C=O) groups is 2. The number of likely N-dealkylation sites (tertiary alicyclic amines) is 1. The van der Waals surface area contributed by atoms with Gasteiger partial charge in [0.15, 0.2) is 11.5 Å². The molecule has 1 fully saturated rings. The van der Waals surface area contributed by atoms with Gasteiger partial charge in [-0.1, -0.05) is 6.07 Å². The van der Waals surface area contributed by atoms with Crippen molar-refractivity contribution in [2.24, 2.45) is 0 Å². The van der Waals surface area contributed by atoms with Crippen molar-refractivity contribution in [1.29, 1.82) is 0 Å². The van der Waals surface area contributed by atoms with Crippen LogP contribution in [-0.4, -0.2) is 67.0 Å². The monoisotopic (exact) mass is 456 g/mol. The van der Waals surface area contributed by atoms with Crippen molar-refractivity contribution in [3.63, 3.8) is 0 Å². The van der Waals surface area contributed by atoms with Crippen molar-refractivity contribution in [1.82, 2.24) is 9.80 Å². The highest BCUT2D eigenvalue weighted by Gasteiger charge is 2.46. The Morgan fingerprint density at radius 3 is 2.36 bits per heavy atom. The number of benzene rings is 2. The van der Waals surface area contributed by atoms with Crippen molar-refractivity contribution in [2.75, 3.05) is 34.3 Å². The van der Waals surface area contributed by atoms with Crippen LogP contribution in [0.3, 0.4) is 0 Å². The Kier molecular flexibility index (Phi) is 7.38. The number of rotatable bonds is 8. The lowest BCUT2D eigenvalue weighted by Gasteiger charge is -2.27. The van der Waals surface area contributed by atoms with Gasteiger partial charge in [0, 0.05) is 18.7 Å². The number of hydrogen-bond donors (Lipinski definition) is 1. The molecule has 1 saturated heterocycles. The van der Waals surface area contributed by atoms with Gasteiger partial charge >= 0.3 is 0 Å². The molecule has 176 valence electrons. The highest BCUT2D eigenvalue weighted by molar-refractivity contribution is 6.46. The van der Waals surface area contributed by atoms with E-state index in [1.54, 1.807) is 18.2 Å². The molecule has 1 atom stereocenters. The third-order valence-electron chi connectivity index (χ3n) is 5.31. The average Bonchev–Trinajstić information content (AvgIpc) is 3.02. The number of Topliss-reactive ketones (excluding diaryl/α,β-unsaturated/α-hetero) is 1.